The molecule has 0 spiro atoms. The largest absolute Gasteiger partial charge is 0.370 e. The molecule has 6 heteroatoms. The van der Waals surface area contributed by atoms with Crippen LogP contribution in [-0.2, 0) is 14.3 Å². The number of carbonyl (C=O) groups is 2. The number of nitrogens with zero attached hydrogens (tertiary/aromatic N) is 1. The van der Waals surface area contributed by atoms with Crippen LogP contribution in [0.3, 0.4) is 0 Å². The van der Waals surface area contributed by atoms with Crippen LogP contribution in [0.25, 0.3) is 0 Å². The number of rotatable bonds is 6. The van der Waals surface area contributed by atoms with E-state index in [2.05, 4.69) is 11.4 Å². The van der Waals surface area contributed by atoms with Crippen LogP contribution in [0.5, 0.6) is 0 Å². The third-order valence-corrected chi connectivity index (χ3v) is 3.38. The molecule has 0 aromatic rings. The molecule has 0 radical (unpaired) electrons. The fourth-order valence-corrected chi connectivity index (χ4v) is 2.30. The molecule has 19 heavy (non-hydrogen) atoms. The predicted molar refractivity (Wildman–Crippen MR) is 68.8 cm³/mol. The molecule has 1 rings (SSSR count). The van der Waals surface area contributed by atoms with E-state index in [0.29, 0.717) is 12.8 Å². The lowest BCUT2D eigenvalue weighted by Crippen LogP contribution is -2.41. The Morgan fingerprint density at radius 3 is 2.42 bits per heavy atom. The fraction of sp³-hybridized carbons (Fsp3) is 0.769. The van der Waals surface area contributed by atoms with Gasteiger partial charge in [0, 0.05) is 6.54 Å². The van der Waals surface area contributed by atoms with Crippen molar-refractivity contribution in [3.63, 3.8) is 0 Å². The van der Waals surface area contributed by atoms with Gasteiger partial charge < -0.3 is 15.8 Å². The second kappa shape index (κ2) is 7.74. The molecule has 1 fully saturated rings. The van der Waals surface area contributed by atoms with Gasteiger partial charge in [-0.1, -0.05) is 25.7 Å². The zero-order valence-corrected chi connectivity index (χ0v) is 11.1. The van der Waals surface area contributed by atoms with Crippen molar-refractivity contribution >= 4 is 11.8 Å². The monoisotopic (exact) mass is 267 g/mol. The summed E-state index contributed by atoms with van der Waals surface area (Å²) in [6.45, 7) is 0.352. The summed E-state index contributed by atoms with van der Waals surface area (Å²) < 4.78 is 4.95. The highest BCUT2D eigenvalue weighted by Gasteiger charge is 2.38. The maximum absolute atomic E-state index is 12.1. The highest BCUT2D eigenvalue weighted by Crippen LogP contribution is 2.34. The van der Waals surface area contributed by atoms with Gasteiger partial charge in [-0.3, -0.25) is 9.59 Å². The number of nitriles is 1. The van der Waals surface area contributed by atoms with E-state index < -0.39 is 11.3 Å². The van der Waals surface area contributed by atoms with Crippen molar-refractivity contribution in [2.24, 2.45) is 11.1 Å². The molecule has 6 nitrogen and oxygen atoms in total. The standard InChI is InChI=1S/C13H21N3O3/c14-10-13(5-3-1-2-4-6-13)12(18)16-7-8-19-9-11(15)17/h1-9H2,(H2,15,17)(H,16,18). The maximum Gasteiger partial charge on any atom is 0.243 e. The van der Waals surface area contributed by atoms with Gasteiger partial charge in [0.1, 0.15) is 12.0 Å². The Kier molecular flexibility index (Phi) is 6.30. The number of nitrogens with one attached hydrogen (secondary N) is 1. The van der Waals surface area contributed by atoms with Crippen LogP contribution in [-0.4, -0.2) is 31.6 Å². The Morgan fingerprint density at radius 1 is 1.26 bits per heavy atom. The van der Waals surface area contributed by atoms with Gasteiger partial charge in [-0.25, -0.2) is 0 Å². The average molecular weight is 267 g/mol. The van der Waals surface area contributed by atoms with E-state index in [1.807, 2.05) is 0 Å². The molecule has 1 aliphatic carbocycles. The Balaban J connectivity index is 2.37. The molecule has 3 N–H and O–H groups in total. The topological polar surface area (TPSA) is 105 Å². The Hall–Kier alpha value is -1.61. The van der Waals surface area contributed by atoms with Crippen LogP contribution >= 0.6 is 0 Å². The zero-order valence-electron chi connectivity index (χ0n) is 11.1. The van der Waals surface area contributed by atoms with Crippen LogP contribution < -0.4 is 11.1 Å². The van der Waals surface area contributed by atoms with Crippen molar-refractivity contribution in [1.29, 1.82) is 5.26 Å². The molecule has 0 aromatic carbocycles. The minimum absolute atomic E-state index is 0.154. The summed E-state index contributed by atoms with van der Waals surface area (Å²) in [7, 11) is 0. The Bertz CT molecular complexity index is 355. The summed E-state index contributed by atoms with van der Waals surface area (Å²) in [6.07, 6.45) is 5.24. The number of carbonyl (C=O) groups excluding carboxylic acids is 2. The Labute approximate surface area is 113 Å². The first-order chi connectivity index (χ1) is 9.10. The van der Waals surface area contributed by atoms with E-state index in [9.17, 15) is 14.9 Å². The highest BCUT2D eigenvalue weighted by molar-refractivity contribution is 5.85. The average Bonchev–Trinajstić information content (AvgIpc) is 2.64. The van der Waals surface area contributed by atoms with E-state index in [-0.39, 0.29) is 25.7 Å². The summed E-state index contributed by atoms with van der Waals surface area (Å²) in [4.78, 5) is 22.6. The minimum atomic E-state index is -0.889. The summed E-state index contributed by atoms with van der Waals surface area (Å²) in [6, 6.07) is 2.19. The van der Waals surface area contributed by atoms with Gasteiger partial charge >= 0.3 is 0 Å². The molecule has 0 unspecified atom stereocenters. The number of ether oxygens (including phenoxy) is 1. The van der Waals surface area contributed by atoms with Gasteiger partial charge in [0.05, 0.1) is 12.7 Å². The number of amides is 2. The maximum atomic E-state index is 12.1. The molecule has 0 atom stereocenters. The second-order valence-corrected chi connectivity index (χ2v) is 4.88. The number of nitrogens with two attached hydrogens (primary N) is 1. The molecular weight excluding hydrogens is 246 g/mol. The van der Waals surface area contributed by atoms with Crippen LogP contribution in [0, 0.1) is 16.7 Å². The van der Waals surface area contributed by atoms with Crippen molar-refractivity contribution in [3.05, 3.63) is 0 Å². The van der Waals surface area contributed by atoms with Crippen LogP contribution in [0.2, 0.25) is 0 Å². The van der Waals surface area contributed by atoms with Crippen LogP contribution in [0.15, 0.2) is 0 Å². The summed E-state index contributed by atoms with van der Waals surface area (Å²) in [5.41, 5.74) is 4.03. The molecule has 106 valence electrons. The number of primary amides is 1. The second-order valence-electron chi connectivity index (χ2n) is 4.88. The molecule has 0 saturated heterocycles. The highest BCUT2D eigenvalue weighted by atomic mass is 16.5. The summed E-state index contributed by atoms with van der Waals surface area (Å²) >= 11 is 0. The third kappa shape index (κ3) is 4.87. The van der Waals surface area contributed by atoms with E-state index in [1.54, 1.807) is 0 Å². The van der Waals surface area contributed by atoms with E-state index in [1.165, 1.54) is 0 Å². The van der Waals surface area contributed by atoms with Crippen molar-refractivity contribution in [2.75, 3.05) is 19.8 Å². The van der Waals surface area contributed by atoms with E-state index >= 15 is 0 Å². The lowest BCUT2D eigenvalue weighted by molar-refractivity contribution is -0.129. The molecular formula is C13H21N3O3. The molecule has 0 aromatic heterocycles. The van der Waals surface area contributed by atoms with Gasteiger partial charge in [0.15, 0.2) is 0 Å². The first-order valence-corrected chi connectivity index (χ1v) is 6.66. The van der Waals surface area contributed by atoms with Crippen molar-refractivity contribution in [1.82, 2.24) is 5.32 Å². The summed E-state index contributed by atoms with van der Waals surface area (Å²) in [5.74, 6) is -0.761. The Morgan fingerprint density at radius 2 is 1.89 bits per heavy atom. The van der Waals surface area contributed by atoms with Gasteiger partial charge in [0.2, 0.25) is 11.8 Å². The summed E-state index contributed by atoms with van der Waals surface area (Å²) in [5, 5.41) is 12.0. The van der Waals surface area contributed by atoms with Crippen molar-refractivity contribution in [2.45, 2.75) is 38.5 Å². The first-order valence-electron chi connectivity index (χ1n) is 6.66. The van der Waals surface area contributed by atoms with Gasteiger partial charge in [-0.2, -0.15) is 5.26 Å². The molecule has 0 aliphatic heterocycles. The van der Waals surface area contributed by atoms with E-state index in [0.717, 1.165) is 25.7 Å². The van der Waals surface area contributed by atoms with Crippen molar-refractivity contribution in [3.8, 4) is 6.07 Å². The van der Waals surface area contributed by atoms with Gasteiger partial charge in [0.25, 0.3) is 0 Å². The predicted octanol–water partition coefficient (Wildman–Crippen LogP) is 0.469. The minimum Gasteiger partial charge on any atom is -0.370 e. The third-order valence-electron chi connectivity index (χ3n) is 3.38. The van der Waals surface area contributed by atoms with E-state index in [4.69, 9.17) is 10.5 Å². The fourth-order valence-electron chi connectivity index (χ4n) is 2.30. The zero-order chi connectivity index (χ0) is 14.1. The smallest absolute Gasteiger partial charge is 0.243 e. The first kappa shape index (κ1) is 15.4. The van der Waals surface area contributed by atoms with Gasteiger partial charge in [-0.05, 0) is 12.8 Å². The molecule has 1 saturated carbocycles. The van der Waals surface area contributed by atoms with Crippen LogP contribution in [0.4, 0.5) is 0 Å². The lowest BCUT2D eigenvalue weighted by atomic mass is 9.81. The molecule has 1 aliphatic rings. The van der Waals surface area contributed by atoms with Crippen molar-refractivity contribution < 1.29 is 14.3 Å². The molecule has 0 bridgehead atoms. The quantitative estimate of drug-likeness (QED) is 0.539. The molecule has 2 amide bonds. The van der Waals surface area contributed by atoms with Crippen LogP contribution in [0.1, 0.15) is 38.5 Å². The number of hydrogen-bond acceptors (Lipinski definition) is 4. The SMILES string of the molecule is N#CC1(C(=O)NCCOCC(N)=O)CCCCCC1. The van der Waals surface area contributed by atoms with Gasteiger partial charge in [-0.15, -0.1) is 0 Å². The molecule has 0 heterocycles. The normalized spacial score (nSPS) is 18.1. The number of hydrogen-bond donors (Lipinski definition) is 2. The lowest BCUT2D eigenvalue weighted by Gasteiger charge is -2.23.